The van der Waals surface area contributed by atoms with Gasteiger partial charge in [0.05, 0.1) is 18.0 Å². The Morgan fingerprint density at radius 1 is 1.10 bits per heavy atom. The van der Waals surface area contributed by atoms with E-state index in [0.717, 1.165) is 0 Å². The zero-order valence-corrected chi connectivity index (χ0v) is 17.9. The predicted octanol–water partition coefficient (Wildman–Crippen LogP) is 1.23. The van der Waals surface area contributed by atoms with Gasteiger partial charge in [0.1, 0.15) is 11.5 Å². The summed E-state index contributed by atoms with van der Waals surface area (Å²) >= 11 is 0. The lowest BCUT2D eigenvalue weighted by Gasteiger charge is -2.15. The van der Waals surface area contributed by atoms with Crippen LogP contribution in [0.4, 0.5) is 0 Å². The van der Waals surface area contributed by atoms with E-state index in [1.165, 1.54) is 31.2 Å². The Labute approximate surface area is 181 Å². The highest BCUT2D eigenvalue weighted by Crippen LogP contribution is 2.18. The Bertz CT molecular complexity index is 1060. The number of ether oxygens (including phenoxy) is 2. The van der Waals surface area contributed by atoms with Crippen molar-refractivity contribution in [1.82, 2.24) is 15.6 Å². The van der Waals surface area contributed by atoms with E-state index in [9.17, 15) is 18.0 Å². The maximum atomic E-state index is 12.3. The number of rotatable bonds is 9. The lowest BCUT2D eigenvalue weighted by molar-refractivity contribution is -0.128. The third-order valence-electron chi connectivity index (χ3n) is 3.89. The number of hydrazine groups is 1. The first-order chi connectivity index (χ1) is 14.8. The van der Waals surface area contributed by atoms with Crippen molar-refractivity contribution in [2.24, 2.45) is 0 Å². The summed E-state index contributed by atoms with van der Waals surface area (Å²) in [4.78, 5) is 24.4. The summed E-state index contributed by atoms with van der Waals surface area (Å²) < 4.78 is 37.3. The summed E-state index contributed by atoms with van der Waals surface area (Å²) in [5, 5.41) is 0. The summed E-state index contributed by atoms with van der Waals surface area (Å²) in [6, 6.07) is 12.0. The second kappa shape index (κ2) is 11.0. The molecular formula is C21H23N3O6S. The Balaban J connectivity index is 1.93. The van der Waals surface area contributed by atoms with Crippen LogP contribution in [0.1, 0.15) is 24.2 Å². The van der Waals surface area contributed by atoms with Crippen molar-refractivity contribution in [3.8, 4) is 23.8 Å². The zero-order valence-electron chi connectivity index (χ0n) is 17.0. The number of benzene rings is 2. The number of terminal acetylenes is 1. The van der Waals surface area contributed by atoms with E-state index in [0.29, 0.717) is 18.1 Å². The van der Waals surface area contributed by atoms with Gasteiger partial charge in [0.25, 0.3) is 11.8 Å². The Hall–Kier alpha value is -3.55. The highest BCUT2D eigenvalue weighted by molar-refractivity contribution is 7.89. The van der Waals surface area contributed by atoms with Crippen molar-refractivity contribution >= 4 is 21.8 Å². The molecule has 9 nitrogen and oxygen atoms in total. The Morgan fingerprint density at radius 2 is 1.77 bits per heavy atom. The molecule has 0 aromatic heterocycles. The van der Waals surface area contributed by atoms with Gasteiger partial charge in [-0.25, -0.2) is 8.42 Å². The van der Waals surface area contributed by atoms with Crippen LogP contribution in [-0.4, -0.2) is 39.5 Å². The van der Waals surface area contributed by atoms with Gasteiger partial charge in [-0.1, -0.05) is 12.0 Å². The van der Waals surface area contributed by atoms with Gasteiger partial charge in [-0.2, -0.15) is 4.72 Å². The fourth-order valence-corrected chi connectivity index (χ4v) is 3.34. The third kappa shape index (κ3) is 7.02. The van der Waals surface area contributed by atoms with Gasteiger partial charge < -0.3 is 9.47 Å². The molecule has 0 aliphatic heterocycles. The molecule has 2 amide bonds. The molecule has 1 atom stereocenters. The van der Waals surface area contributed by atoms with Gasteiger partial charge in [-0.3, -0.25) is 20.4 Å². The van der Waals surface area contributed by atoms with Crippen molar-refractivity contribution in [1.29, 1.82) is 0 Å². The second-order valence-electron chi connectivity index (χ2n) is 6.16. The largest absolute Gasteiger partial charge is 0.494 e. The molecule has 2 aromatic carbocycles. The average molecular weight is 445 g/mol. The first kappa shape index (κ1) is 23.7. The van der Waals surface area contributed by atoms with Crippen LogP contribution in [0.3, 0.4) is 0 Å². The fourth-order valence-electron chi connectivity index (χ4n) is 2.36. The highest BCUT2D eigenvalue weighted by atomic mass is 32.2. The van der Waals surface area contributed by atoms with Gasteiger partial charge in [0.15, 0.2) is 6.10 Å². The molecule has 2 rings (SSSR count). The van der Waals surface area contributed by atoms with Crippen molar-refractivity contribution in [3.63, 3.8) is 0 Å². The van der Waals surface area contributed by atoms with Crippen LogP contribution in [0.2, 0.25) is 0 Å². The standard InChI is InChI=1S/C21H23N3O6S/c1-4-13-22-31(27,28)19-8-6-7-16(14-19)21(26)24-23-20(25)15(3)30-18-11-9-17(10-12-18)29-5-2/h1,6-12,14-15,22H,5,13H2,2-3H3,(H,23,25)(H,24,26). The lowest BCUT2D eigenvalue weighted by atomic mass is 10.2. The molecule has 0 aliphatic carbocycles. The van der Waals surface area contributed by atoms with E-state index in [1.807, 2.05) is 6.92 Å². The van der Waals surface area contributed by atoms with E-state index in [-0.39, 0.29) is 17.0 Å². The summed E-state index contributed by atoms with van der Waals surface area (Å²) in [6.07, 6.45) is 4.15. The summed E-state index contributed by atoms with van der Waals surface area (Å²) in [6.45, 7) is 3.74. The van der Waals surface area contributed by atoms with Gasteiger partial charge in [-0.05, 0) is 56.3 Å². The quantitative estimate of drug-likeness (QED) is 0.394. The fraction of sp³-hybridized carbons (Fsp3) is 0.238. The van der Waals surface area contributed by atoms with Crippen molar-refractivity contribution in [3.05, 3.63) is 54.1 Å². The van der Waals surface area contributed by atoms with Crippen molar-refractivity contribution in [2.45, 2.75) is 24.8 Å². The molecule has 31 heavy (non-hydrogen) atoms. The van der Waals surface area contributed by atoms with Crippen LogP contribution in [0.15, 0.2) is 53.4 Å². The minimum atomic E-state index is -3.85. The van der Waals surface area contributed by atoms with E-state index >= 15 is 0 Å². The van der Waals surface area contributed by atoms with E-state index in [4.69, 9.17) is 15.9 Å². The predicted molar refractivity (Wildman–Crippen MR) is 114 cm³/mol. The average Bonchev–Trinajstić information content (AvgIpc) is 2.77. The summed E-state index contributed by atoms with van der Waals surface area (Å²) in [5.41, 5.74) is 4.50. The van der Waals surface area contributed by atoms with Crippen LogP contribution >= 0.6 is 0 Å². The molecule has 0 aliphatic rings. The molecule has 0 heterocycles. The van der Waals surface area contributed by atoms with E-state index in [2.05, 4.69) is 21.5 Å². The summed E-state index contributed by atoms with van der Waals surface area (Å²) in [5.74, 6) is 2.00. The molecule has 10 heteroatoms. The molecular weight excluding hydrogens is 422 g/mol. The van der Waals surface area contributed by atoms with Crippen molar-refractivity contribution in [2.75, 3.05) is 13.2 Å². The number of nitrogens with one attached hydrogen (secondary N) is 3. The molecule has 0 bridgehead atoms. The minimum absolute atomic E-state index is 0.0315. The van der Waals surface area contributed by atoms with Gasteiger partial charge >= 0.3 is 0 Å². The molecule has 0 fully saturated rings. The van der Waals surface area contributed by atoms with Crippen LogP contribution in [0.5, 0.6) is 11.5 Å². The normalized spacial score (nSPS) is 11.6. The number of carbonyl (C=O) groups is 2. The number of hydrogen-bond donors (Lipinski definition) is 3. The number of sulfonamides is 1. The van der Waals surface area contributed by atoms with Crippen LogP contribution < -0.4 is 25.0 Å². The minimum Gasteiger partial charge on any atom is -0.494 e. The lowest BCUT2D eigenvalue weighted by Crippen LogP contribution is -2.47. The van der Waals surface area contributed by atoms with Gasteiger partial charge in [-0.15, -0.1) is 6.42 Å². The maximum Gasteiger partial charge on any atom is 0.279 e. The maximum absolute atomic E-state index is 12.3. The molecule has 2 aromatic rings. The molecule has 0 saturated carbocycles. The second-order valence-corrected chi connectivity index (χ2v) is 7.93. The third-order valence-corrected chi connectivity index (χ3v) is 5.29. The number of hydrogen-bond acceptors (Lipinski definition) is 6. The Morgan fingerprint density at radius 3 is 2.42 bits per heavy atom. The monoisotopic (exact) mass is 445 g/mol. The molecule has 0 spiro atoms. The highest BCUT2D eigenvalue weighted by Gasteiger charge is 2.18. The smallest absolute Gasteiger partial charge is 0.279 e. The molecule has 164 valence electrons. The molecule has 0 saturated heterocycles. The molecule has 1 unspecified atom stereocenters. The Kier molecular flexibility index (Phi) is 8.43. The van der Waals surface area contributed by atoms with Crippen LogP contribution in [-0.2, 0) is 14.8 Å². The SMILES string of the molecule is C#CCNS(=O)(=O)c1cccc(C(=O)NNC(=O)C(C)Oc2ccc(OCC)cc2)c1. The van der Waals surface area contributed by atoms with Crippen molar-refractivity contribution < 1.29 is 27.5 Å². The first-order valence-electron chi connectivity index (χ1n) is 9.29. The zero-order chi connectivity index (χ0) is 22.9. The van der Waals surface area contributed by atoms with E-state index in [1.54, 1.807) is 24.3 Å². The summed E-state index contributed by atoms with van der Waals surface area (Å²) in [7, 11) is -3.85. The molecule has 0 radical (unpaired) electrons. The van der Waals surface area contributed by atoms with Gasteiger partial charge in [0.2, 0.25) is 10.0 Å². The van der Waals surface area contributed by atoms with E-state index < -0.39 is 27.9 Å². The first-order valence-corrected chi connectivity index (χ1v) is 10.8. The topological polar surface area (TPSA) is 123 Å². The van der Waals surface area contributed by atoms with Crippen LogP contribution in [0.25, 0.3) is 0 Å². The molecule has 3 N–H and O–H groups in total. The number of amides is 2. The number of carbonyl (C=O) groups excluding carboxylic acids is 2. The van der Waals surface area contributed by atoms with Crippen LogP contribution in [0, 0.1) is 12.3 Å². The van der Waals surface area contributed by atoms with Gasteiger partial charge in [0, 0.05) is 5.56 Å².